The number of carbonyl (C=O) groups excluding carboxylic acids is 2. The summed E-state index contributed by atoms with van der Waals surface area (Å²) in [5.74, 6) is 0.294. The molecule has 1 aliphatic rings. The Kier molecular flexibility index (Phi) is 6.03. The predicted molar refractivity (Wildman–Crippen MR) is 99.7 cm³/mol. The van der Waals surface area contributed by atoms with Crippen molar-refractivity contribution in [1.82, 2.24) is 15.4 Å². The molecule has 1 aromatic carbocycles. The van der Waals surface area contributed by atoms with E-state index in [0.717, 1.165) is 12.8 Å². The SMILES string of the molecule is CCCN(Cc1cc(C(=O)NCC2CC2)no1)C(=O)c1cccc([N+](=O)[O-])c1. The van der Waals surface area contributed by atoms with Crippen LogP contribution in [0.2, 0.25) is 0 Å². The molecule has 0 saturated heterocycles. The molecule has 9 heteroatoms. The number of non-ortho nitro benzene ring substituents is 1. The first-order valence-electron chi connectivity index (χ1n) is 9.25. The zero-order valence-electron chi connectivity index (χ0n) is 15.6. The summed E-state index contributed by atoms with van der Waals surface area (Å²) in [6, 6.07) is 7.12. The Labute approximate surface area is 161 Å². The van der Waals surface area contributed by atoms with Gasteiger partial charge in [-0.1, -0.05) is 18.1 Å². The van der Waals surface area contributed by atoms with Crippen LogP contribution < -0.4 is 5.32 Å². The van der Waals surface area contributed by atoms with Crippen LogP contribution in [0.4, 0.5) is 5.69 Å². The number of nitrogens with one attached hydrogen (secondary N) is 1. The fourth-order valence-electron chi connectivity index (χ4n) is 2.79. The molecule has 2 amide bonds. The molecule has 0 atom stereocenters. The number of aromatic nitrogens is 1. The van der Waals surface area contributed by atoms with Crippen molar-refractivity contribution in [2.45, 2.75) is 32.7 Å². The first kappa shape index (κ1) is 19.5. The van der Waals surface area contributed by atoms with Crippen LogP contribution in [-0.4, -0.2) is 39.9 Å². The lowest BCUT2D eigenvalue weighted by atomic mass is 10.1. The smallest absolute Gasteiger partial charge is 0.273 e. The number of hydrogen-bond acceptors (Lipinski definition) is 6. The van der Waals surface area contributed by atoms with Crippen LogP contribution in [0.5, 0.6) is 0 Å². The number of rotatable bonds is 9. The number of amides is 2. The fraction of sp³-hybridized carbons (Fsp3) is 0.421. The van der Waals surface area contributed by atoms with Gasteiger partial charge in [0.1, 0.15) is 0 Å². The van der Waals surface area contributed by atoms with Gasteiger partial charge in [-0.15, -0.1) is 0 Å². The molecule has 28 heavy (non-hydrogen) atoms. The number of carbonyl (C=O) groups is 2. The Hall–Kier alpha value is -3.23. The van der Waals surface area contributed by atoms with Crippen molar-refractivity contribution in [3.8, 4) is 0 Å². The molecule has 148 valence electrons. The first-order chi connectivity index (χ1) is 13.5. The van der Waals surface area contributed by atoms with E-state index in [4.69, 9.17) is 4.52 Å². The molecular formula is C19H22N4O5. The molecule has 0 spiro atoms. The highest BCUT2D eigenvalue weighted by molar-refractivity contribution is 5.95. The minimum atomic E-state index is -0.538. The summed E-state index contributed by atoms with van der Waals surface area (Å²) in [5, 5.41) is 17.5. The second-order valence-corrected chi connectivity index (χ2v) is 6.87. The predicted octanol–water partition coefficient (Wildman–Crippen LogP) is 2.78. The van der Waals surface area contributed by atoms with Crippen LogP contribution in [-0.2, 0) is 6.54 Å². The van der Waals surface area contributed by atoms with Gasteiger partial charge in [-0.2, -0.15) is 0 Å². The molecular weight excluding hydrogens is 364 g/mol. The highest BCUT2D eigenvalue weighted by atomic mass is 16.6. The van der Waals surface area contributed by atoms with Crippen LogP contribution in [0, 0.1) is 16.0 Å². The fourth-order valence-corrected chi connectivity index (χ4v) is 2.79. The molecule has 0 unspecified atom stereocenters. The summed E-state index contributed by atoms with van der Waals surface area (Å²) in [5.41, 5.74) is 0.260. The molecule has 1 aliphatic carbocycles. The number of hydrogen-bond donors (Lipinski definition) is 1. The van der Waals surface area contributed by atoms with Crippen molar-refractivity contribution in [2.24, 2.45) is 5.92 Å². The third-order valence-corrected chi connectivity index (χ3v) is 4.47. The Morgan fingerprint density at radius 3 is 2.82 bits per heavy atom. The lowest BCUT2D eigenvalue weighted by Gasteiger charge is -2.20. The van der Waals surface area contributed by atoms with Gasteiger partial charge in [-0.3, -0.25) is 19.7 Å². The van der Waals surface area contributed by atoms with Crippen LogP contribution in [0.3, 0.4) is 0 Å². The molecule has 3 rings (SSSR count). The molecule has 1 heterocycles. The second kappa shape index (κ2) is 8.64. The van der Waals surface area contributed by atoms with E-state index < -0.39 is 4.92 Å². The van der Waals surface area contributed by atoms with E-state index >= 15 is 0 Å². The summed E-state index contributed by atoms with van der Waals surface area (Å²) < 4.78 is 5.22. The zero-order valence-corrected chi connectivity index (χ0v) is 15.6. The average Bonchev–Trinajstić information content (AvgIpc) is 3.41. The summed E-state index contributed by atoms with van der Waals surface area (Å²) in [6.07, 6.45) is 2.97. The molecule has 0 aliphatic heterocycles. The number of benzene rings is 1. The van der Waals surface area contributed by atoms with Gasteiger partial charge >= 0.3 is 0 Å². The lowest BCUT2D eigenvalue weighted by molar-refractivity contribution is -0.384. The van der Waals surface area contributed by atoms with Crippen molar-refractivity contribution in [1.29, 1.82) is 0 Å². The molecule has 1 saturated carbocycles. The minimum Gasteiger partial charge on any atom is -0.359 e. The van der Waals surface area contributed by atoms with E-state index in [-0.39, 0.29) is 35.3 Å². The van der Waals surface area contributed by atoms with Gasteiger partial charge in [0, 0.05) is 36.9 Å². The number of nitro groups is 1. The van der Waals surface area contributed by atoms with Crippen LogP contribution in [0.25, 0.3) is 0 Å². The average molecular weight is 386 g/mol. The van der Waals surface area contributed by atoms with E-state index in [1.165, 1.54) is 35.2 Å². The Balaban J connectivity index is 1.68. The highest BCUT2D eigenvalue weighted by Crippen LogP contribution is 2.27. The molecule has 9 nitrogen and oxygen atoms in total. The van der Waals surface area contributed by atoms with Gasteiger partial charge in [0.15, 0.2) is 11.5 Å². The first-order valence-corrected chi connectivity index (χ1v) is 9.25. The zero-order chi connectivity index (χ0) is 20.1. The van der Waals surface area contributed by atoms with E-state index in [9.17, 15) is 19.7 Å². The van der Waals surface area contributed by atoms with Gasteiger partial charge in [-0.05, 0) is 31.2 Å². The van der Waals surface area contributed by atoms with Crippen LogP contribution in [0.15, 0.2) is 34.9 Å². The molecule has 1 aromatic heterocycles. The summed E-state index contributed by atoms with van der Waals surface area (Å²) in [6.45, 7) is 3.11. The van der Waals surface area contributed by atoms with Crippen LogP contribution in [0.1, 0.15) is 52.8 Å². The monoisotopic (exact) mass is 386 g/mol. The number of nitrogens with zero attached hydrogens (tertiary/aromatic N) is 3. The normalized spacial score (nSPS) is 13.2. The maximum absolute atomic E-state index is 12.8. The Bertz CT molecular complexity index is 875. The Morgan fingerprint density at radius 1 is 1.36 bits per heavy atom. The molecule has 2 aromatic rings. The topological polar surface area (TPSA) is 119 Å². The molecule has 1 N–H and O–H groups in total. The summed E-state index contributed by atoms with van der Waals surface area (Å²) in [7, 11) is 0. The molecule has 1 fully saturated rings. The highest BCUT2D eigenvalue weighted by Gasteiger charge is 2.24. The van der Waals surface area contributed by atoms with Gasteiger partial charge < -0.3 is 14.7 Å². The summed E-state index contributed by atoms with van der Waals surface area (Å²) in [4.78, 5) is 36.8. The Morgan fingerprint density at radius 2 is 2.14 bits per heavy atom. The minimum absolute atomic E-state index is 0.123. The largest absolute Gasteiger partial charge is 0.359 e. The maximum Gasteiger partial charge on any atom is 0.273 e. The third kappa shape index (κ3) is 4.93. The maximum atomic E-state index is 12.8. The van der Waals surface area contributed by atoms with Crippen molar-refractivity contribution in [3.63, 3.8) is 0 Å². The molecule has 0 bridgehead atoms. The van der Waals surface area contributed by atoms with E-state index in [2.05, 4.69) is 10.5 Å². The van der Waals surface area contributed by atoms with E-state index in [1.807, 2.05) is 6.92 Å². The van der Waals surface area contributed by atoms with Gasteiger partial charge in [-0.25, -0.2) is 0 Å². The van der Waals surface area contributed by atoms with Crippen molar-refractivity contribution in [2.75, 3.05) is 13.1 Å². The molecule has 0 radical (unpaired) electrons. The van der Waals surface area contributed by atoms with Gasteiger partial charge in [0.2, 0.25) is 0 Å². The quantitative estimate of drug-likeness (QED) is 0.523. The van der Waals surface area contributed by atoms with Crippen molar-refractivity contribution in [3.05, 3.63) is 57.5 Å². The van der Waals surface area contributed by atoms with Crippen molar-refractivity contribution < 1.29 is 19.0 Å². The van der Waals surface area contributed by atoms with E-state index in [0.29, 0.717) is 31.2 Å². The number of nitro benzene ring substituents is 1. The van der Waals surface area contributed by atoms with Gasteiger partial charge in [0.05, 0.1) is 11.5 Å². The van der Waals surface area contributed by atoms with Crippen molar-refractivity contribution >= 4 is 17.5 Å². The van der Waals surface area contributed by atoms with Crippen LogP contribution >= 0.6 is 0 Å². The van der Waals surface area contributed by atoms with Gasteiger partial charge in [0.25, 0.3) is 17.5 Å². The van der Waals surface area contributed by atoms with E-state index in [1.54, 1.807) is 0 Å². The standard InChI is InChI=1S/C19H22N4O5/c1-2-8-22(19(25)14-4-3-5-15(9-14)23(26)27)12-16-10-17(21-28-16)18(24)20-11-13-6-7-13/h3-5,9-10,13H,2,6-8,11-12H2,1H3,(H,20,24). The third-order valence-electron chi connectivity index (χ3n) is 4.47. The second-order valence-electron chi connectivity index (χ2n) is 6.87. The summed E-state index contributed by atoms with van der Waals surface area (Å²) >= 11 is 0. The lowest BCUT2D eigenvalue weighted by Crippen LogP contribution is -2.31.